The highest BCUT2D eigenvalue weighted by molar-refractivity contribution is 6.01. The lowest BCUT2D eigenvalue weighted by Gasteiger charge is -2.00. The van der Waals surface area contributed by atoms with E-state index in [9.17, 15) is 4.79 Å². The van der Waals surface area contributed by atoms with Crippen LogP contribution in [-0.4, -0.2) is 11.7 Å². The number of urea groups is 1. The molecule has 1 heterocycles. The van der Waals surface area contributed by atoms with Crippen molar-refractivity contribution in [3.8, 4) is 0 Å². The number of nitrogens with zero attached hydrogens (tertiary/aromatic N) is 1. The number of carbonyl (C=O) groups is 1. The quantitative estimate of drug-likeness (QED) is 0.556. The molecular weight excluding hydrogens is 182 g/mol. The minimum Gasteiger partial charge on any atom is -0.463 e. The van der Waals surface area contributed by atoms with Crippen LogP contribution in [0.1, 0.15) is 18.6 Å². The highest BCUT2D eigenvalue weighted by Gasteiger charge is 2.30. The van der Waals surface area contributed by atoms with Gasteiger partial charge in [-0.25, -0.2) is 10.2 Å². The lowest BCUT2D eigenvalue weighted by molar-refractivity contribution is 0.249. The minimum atomic E-state index is -0.658. The molecular formula is C9H11N3O2. The molecule has 1 aromatic heterocycles. The van der Waals surface area contributed by atoms with Crippen molar-refractivity contribution in [2.75, 3.05) is 0 Å². The van der Waals surface area contributed by atoms with E-state index in [1.54, 1.807) is 12.3 Å². The zero-order valence-corrected chi connectivity index (χ0v) is 7.56. The van der Waals surface area contributed by atoms with Gasteiger partial charge in [0.1, 0.15) is 11.5 Å². The molecule has 1 aliphatic rings. The molecule has 0 bridgehead atoms. The Morgan fingerprint density at radius 2 is 2.43 bits per heavy atom. The molecule has 3 N–H and O–H groups in total. The molecule has 5 heteroatoms. The van der Waals surface area contributed by atoms with Crippen LogP contribution in [0.3, 0.4) is 0 Å². The van der Waals surface area contributed by atoms with Crippen LogP contribution in [0.4, 0.5) is 4.79 Å². The van der Waals surface area contributed by atoms with Gasteiger partial charge < -0.3 is 10.2 Å². The largest absolute Gasteiger partial charge is 0.463 e. The number of rotatable bonds is 3. The van der Waals surface area contributed by atoms with Crippen LogP contribution in [0.5, 0.6) is 0 Å². The molecule has 5 nitrogen and oxygen atoms in total. The van der Waals surface area contributed by atoms with Crippen LogP contribution in [-0.2, 0) is 0 Å². The summed E-state index contributed by atoms with van der Waals surface area (Å²) < 4.78 is 5.21. The van der Waals surface area contributed by atoms with Gasteiger partial charge in [0.2, 0.25) is 0 Å². The Kier molecular flexibility index (Phi) is 2.22. The summed E-state index contributed by atoms with van der Waals surface area (Å²) in [6, 6.07) is 2.95. The summed E-state index contributed by atoms with van der Waals surface area (Å²) in [5, 5.41) is 3.93. The fourth-order valence-corrected chi connectivity index (χ4v) is 1.24. The molecule has 0 spiro atoms. The second kappa shape index (κ2) is 3.53. The second-order valence-electron chi connectivity index (χ2n) is 3.22. The summed E-state index contributed by atoms with van der Waals surface area (Å²) in [6.07, 6.45) is 3.75. The van der Waals surface area contributed by atoms with Crippen LogP contribution in [0, 0.1) is 5.92 Å². The van der Waals surface area contributed by atoms with Crippen molar-refractivity contribution >= 4 is 11.7 Å². The molecule has 2 amide bonds. The van der Waals surface area contributed by atoms with Crippen molar-refractivity contribution in [1.82, 2.24) is 5.43 Å². The van der Waals surface area contributed by atoms with Crippen molar-refractivity contribution < 1.29 is 9.21 Å². The predicted molar refractivity (Wildman–Crippen MR) is 50.7 cm³/mol. The predicted octanol–water partition coefficient (Wildman–Crippen LogP) is 1.06. The summed E-state index contributed by atoms with van der Waals surface area (Å²) in [5.41, 5.74) is 7.92. The third-order valence-corrected chi connectivity index (χ3v) is 2.02. The summed E-state index contributed by atoms with van der Waals surface area (Å²) in [5.74, 6) is 1.09. The number of hydrazone groups is 1. The smallest absolute Gasteiger partial charge is 0.332 e. The first kappa shape index (κ1) is 8.80. The molecule has 1 fully saturated rings. The molecule has 1 saturated carbocycles. The first-order valence-electron chi connectivity index (χ1n) is 4.44. The maximum absolute atomic E-state index is 10.5. The SMILES string of the molecule is NC(=O)N/N=C(\c1ccco1)C1CC1. The van der Waals surface area contributed by atoms with Crippen LogP contribution < -0.4 is 11.2 Å². The molecule has 14 heavy (non-hydrogen) atoms. The van der Waals surface area contributed by atoms with Crippen molar-refractivity contribution in [3.05, 3.63) is 24.2 Å². The van der Waals surface area contributed by atoms with Gasteiger partial charge in [-0.2, -0.15) is 5.10 Å². The normalized spacial score (nSPS) is 16.7. The van der Waals surface area contributed by atoms with E-state index in [1.165, 1.54) is 0 Å². The number of carbonyl (C=O) groups excluding carboxylic acids is 1. The first-order chi connectivity index (χ1) is 6.77. The molecule has 0 aromatic carbocycles. The topological polar surface area (TPSA) is 80.6 Å². The fraction of sp³-hybridized carbons (Fsp3) is 0.333. The maximum Gasteiger partial charge on any atom is 0.332 e. The summed E-state index contributed by atoms with van der Waals surface area (Å²) >= 11 is 0. The fourth-order valence-electron chi connectivity index (χ4n) is 1.24. The Morgan fingerprint density at radius 1 is 1.64 bits per heavy atom. The van der Waals surface area contributed by atoms with Gasteiger partial charge >= 0.3 is 6.03 Å². The number of primary amides is 1. The van der Waals surface area contributed by atoms with E-state index >= 15 is 0 Å². The lowest BCUT2D eigenvalue weighted by atomic mass is 10.2. The molecule has 0 unspecified atom stereocenters. The molecule has 0 radical (unpaired) electrons. The number of nitrogens with one attached hydrogen (secondary N) is 1. The molecule has 0 aliphatic heterocycles. The van der Waals surface area contributed by atoms with Gasteiger partial charge in [-0.05, 0) is 25.0 Å². The van der Waals surface area contributed by atoms with E-state index in [-0.39, 0.29) is 0 Å². The maximum atomic E-state index is 10.5. The number of amides is 2. The van der Waals surface area contributed by atoms with Crippen molar-refractivity contribution in [2.24, 2.45) is 16.8 Å². The van der Waals surface area contributed by atoms with Crippen molar-refractivity contribution in [1.29, 1.82) is 0 Å². The zero-order valence-electron chi connectivity index (χ0n) is 7.56. The Bertz CT molecular complexity index is 352. The minimum absolute atomic E-state index is 0.396. The molecule has 0 saturated heterocycles. The highest BCUT2D eigenvalue weighted by atomic mass is 16.3. The van der Waals surface area contributed by atoms with Gasteiger partial charge in [0.25, 0.3) is 0 Å². The Labute approximate surface area is 81.0 Å². The van der Waals surface area contributed by atoms with E-state index in [4.69, 9.17) is 10.2 Å². The molecule has 0 atom stereocenters. The highest BCUT2D eigenvalue weighted by Crippen LogP contribution is 2.33. The number of hydrogen-bond donors (Lipinski definition) is 2. The average molecular weight is 193 g/mol. The lowest BCUT2D eigenvalue weighted by Crippen LogP contribution is -2.26. The van der Waals surface area contributed by atoms with Gasteiger partial charge in [-0.1, -0.05) is 0 Å². The van der Waals surface area contributed by atoms with Gasteiger partial charge in [-0.3, -0.25) is 0 Å². The number of hydrogen-bond acceptors (Lipinski definition) is 3. The van der Waals surface area contributed by atoms with Gasteiger partial charge in [-0.15, -0.1) is 0 Å². The van der Waals surface area contributed by atoms with Crippen LogP contribution in [0.25, 0.3) is 0 Å². The van der Waals surface area contributed by atoms with Crippen LogP contribution in [0.2, 0.25) is 0 Å². The average Bonchev–Trinajstić information content (AvgIpc) is 2.81. The zero-order chi connectivity index (χ0) is 9.97. The standard InChI is InChI=1S/C9H11N3O2/c10-9(13)12-11-8(6-3-4-6)7-2-1-5-14-7/h1-2,5-6H,3-4H2,(H3,10,12,13)/b11-8-. The van der Waals surface area contributed by atoms with E-state index in [2.05, 4.69) is 10.5 Å². The van der Waals surface area contributed by atoms with Gasteiger partial charge in [0, 0.05) is 5.92 Å². The summed E-state index contributed by atoms with van der Waals surface area (Å²) in [6.45, 7) is 0. The van der Waals surface area contributed by atoms with E-state index < -0.39 is 6.03 Å². The van der Waals surface area contributed by atoms with Crippen LogP contribution in [0.15, 0.2) is 27.9 Å². The van der Waals surface area contributed by atoms with Gasteiger partial charge in [0.15, 0.2) is 0 Å². The molecule has 74 valence electrons. The number of nitrogens with two attached hydrogens (primary N) is 1. The Balaban J connectivity index is 2.15. The summed E-state index contributed by atoms with van der Waals surface area (Å²) in [4.78, 5) is 10.5. The first-order valence-corrected chi connectivity index (χ1v) is 4.44. The monoisotopic (exact) mass is 193 g/mol. The Morgan fingerprint density at radius 3 is 2.93 bits per heavy atom. The Hall–Kier alpha value is -1.78. The molecule has 1 aliphatic carbocycles. The van der Waals surface area contributed by atoms with Gasteiger partial charge in [0.05, 0.1) is 6.26 Å². The van der Waals surface area contributed by atoms with E-state index in [1.807, 2.05) is 6.07 Å². The third kappa shape index (κ3) is 1.93. The second-order valence-corrected chi connectivity index (χ2v) is 3.22. The summed E-state index contributed by atoms with van der Waals surface area (Å²) in [7, 11) is 0. The van der Waals surface area contributed by atoms with Crippen molar-refractivity contribution in [3.63, 3.8) is 0 Å². The number of furan rings is 1. The van der Waals surface area contributed by atoms with E-state index in [0.717, 1.165) is 18.6 Å². The molecule has 2 rings (SSSR count). The molecule has 1 aromatic rings. The third-order valence-electron chi connectivity index (χ3n) is 2.02. The van der Waals surface area contributed by atoms with Crippen LogP contribution >= 0.6 is 0 Å². The van der Waals surface area contributed by atoms with Crippen molar-refractivity contribution in [2.45, 2.75) is 12.8 Å². The van der Waals surface area contributed by atoms with E-state index in [0.29, 0.717) is 11.7 Å².